The Hall–Kier alpha value is -2.50. The van der Waals surface area contributed by atoms with Gasteiger partial charge in [-0.25, -0.2) is 8.42 Å². The molecule has 0 atom stereocenters. The van der Waals surface area contributed by atoms with E-state index in [1.165, 1.54) is 37.5 Å². The summed E-state index contributed by atoms with van der Waals surface area (Å²) >= 11 is 15.2. The SMILES string of the molecule is COc1cc(C=C(C#N)S(=O)(=O)c2ccc(Cl)cc2)cc(Br)c1OCc1ccc(Cl)cc1. The summed E-state index contributed by atoms with van der Waals surface area (Å²) in [5, 5.41) is 10.5. The van der Waals surface area contributed by atoms with E-state index in [-0.39, 0.29) is 11.5 Å². The first-order valence-corrected chi connectivity index (χ1v) is 12.1. The summed E-state index contributed by atoms with van der Waals surface area (Å²) in [4.78, 5) is -0.438. The molecule has 0 heterocycles. The van der Waals surface area contributed by atoms with E-state index in [1.54, 1.807) is 30.3 Å². The number of sulfone groups is 1. The van der Waals surface area contributed by atoms with E-state index in [0.29, 0.717) is 31.6 Å². The largest absolute Gasteiger partial charge is 0.493 e. The number of rotatable bonds is 7. The molecule has 0 unspecified atom stereocenters. The van der Waals surface area contributed by atoms with Gasteiger partial charge in [0.2, 0.25) is 9.84 Å². The van der Waals surface area contributed by atoms with Crippen molar-refractivity contribution in [2.75, 3.05) is 7.11 Å². The van der Waals surface area contributed by atoms with E-state index >= 15 is 0 Å². The molecule has 0 aliphatic carbocycles. The molecule has 0 N–H and O–H groups in total. The van der Waals surface area contributed by atoms with Crippen LogP contribution in [0.3, 0.4) is 0 Å². The van der Waals surface area contributed by atoms with Crippen LogP contribution in [0.4, 0.5) is 0 Å². The summed E-state index contributed by atoms with van der Waals surface area (Å²) in [7, 11) is -2.54. The molecule has 3 aromatic carbocycles. The second-order valence-corrected chi connectivity index (χ2v) is 10.2. The summed E-state index contributed by atoms with van der Waals surface area (Å²) in [5.41, 5.74) is 1.36. The Morgan fingerprint density at radius 3 is 2.22 bits per heavy atom. The van der Waals surface area contributed by atoms with Gasteiger partial charge in [0.05, 0.1) is 16.5 Å². The molecule has 0 aromatic heterocycles. The van der Waals surface area contributed by atoms with Crippen molar-refractivity contribution < 1.29 is 17.9 Å². The Balaban J connectivity index is 1.93. The Labute approximate surface area is 204 Å². The van der Waals surface area contributed by atoms with E-state index in [1.807, 2.05) is 12.1 Å². The first-order chi connectivity index (χ1) is 15.2. The lowest BCUT2D eigenvalue weighted by atomic mass is 10.2. The second-order valence-electron chi connectivity index (χ2n) is 6.53. The number of nitriles is 1. The van der Waals surface area contributed by atoms with E-state index in [0.717, 1.165) is 5.56 Å². The molecule has 3 rings (SSSR count). The molecular formula is C23H16BrCl2NO4S. The van der Waals surface area contributed by atoms with Crippen LogP contribution in [-0.4, -0.2) is 15.5 Å². The van der Waals surface area contributed by atoms with Crippen LogP contribution >= 0.6 is 39.1 Å². The van der Waals surface area contributed by atoms with Crippen molar-refractivity contribution >= 4 is 55.0 Å². The van der Waals surface area contributed by atoms with Gasteiger partial charge < -0.3 is 9.47 Å². The first kappa shape index (κ1) is 24.1. The van der Waals surface area contributed by atoms with Crippen LogP contribution in [0.5, 0.6) is 11.5 Å². The minimum absolute atomic E-state index is 0.0244. The fraction of sp³-hybridized carbons (Fsp3) is 0.0870. The first-order valence-electron chi connectivity index (χ1n) is 9.12. The summed E-state index contributed by atoms with van der Waals surface area (Å²) in [6.45, 7) is 0.274. The monoisotopic (exact) mass is 551 g/mol. The molecule has 32 heavy (non-hydrogen) atoms. The molecule has 0 aliphatic heterocycles. The summed E-state index contributed by atoms with van der Waals surface area (Å²) < 4.78 is 37.6. The number of methoxy groups -OCH3 is 1. The van der Waals surface area contributed by atoms with Gasteiger partial charge >= 0.3 is 0 Å². The molecule has 0 spiro atoms. The third-order valence-corrected chi connectivity index (χ3v) is 7.14. The van der Waals surface area contributed by atoms with Gasteiger partial charge in [-0.1, -0.05) is 35.3 Å². The molecule has 0 radical (unpaired) electrons. The van der Waals surface area contributed by atoms with Crippen LogP contribution in [0.25, 0.3) is 6.08 Å². The Morgan fingerprint density at radius 1 is 1.06 bits per heavy atom. The Morgan fingerprint density at radius 2 is 1.66 bits per heavy atom. The lowest BCUT2D eigenvalue weighted by molar-refractivity contribution is 0.282. The number of ether oxygens (including phenoxy) is 2. The van der Waals surface area contributed by atoms with Crippen molar-refractivity contribution in [2.45, 2.75) is 11.5 Å². The van der Waals surface area contributed by atoms with Gasteiger partial charge in [-0.05, 0) is 81.7 Å². The summed E-state index contributed by atoms with van der Waals surface area (Å²) in [6, 6.07) is 17.9. The van der Waals surface area contributed by atoms with Crippen LogP contribution in [-0.2, 0) is 16.4 Å². The molecule has 0 saturated carbocycles. The van der Waals surface area contributed by atoms with Crippen LogP contribution in [0.2, 0.25) is 10.0 Å². The molecule has 0 fully saturated rings. The summed E-state index contributed by atoms with van der Waals surface area (Å²) in [5.74, 6) is 0.819. The lowest BCUT2D eigenvalue weighted by Gasteiger charge is -2.14. The zero-order valence-electron chi connectivity index (χ0n) is 16.7. The van der Waals surface area contributed by atoms with Crippen molar-refractivity contribution in [3.63, 3.8) is 0 Å². The third-order valence-electron chi connectivity index (χ3n) is 4.37. The van der Waals surface area contributed by atoms with Crippen molar-refractivity contribution in [1.29, 1.82) is 5.26 Å². The van der Waals surface area contributed by atoms with Crippen LogP contribution < -0.4 is 9.47 Å². The minimum atomic E-state index is -4.02. The second kappa shape index (κ2) is 10.4. The van der Waals surface area contributed by atoms with Gasteiger partial charge in [0, 0.05) is 10.0 Å². The predicted octanol–water partition coefficient (Wildman–Crippen LogP) is 6.68. The van der Waals surface area contributed by atoms with Gasteiger partial charge in [-0.2, -0.15) is 5.26 Å². The average Bonchev–Trinajstić information content (AvgIpc) is 2.77. The normalized spacial score (nSPS) is 11.7. The Kier molecular flexibility index (Phi) is 7.86. The smallest absolute Gasteiger partial charge is 0.216 e. The van der Waals surface area contributed by atoms with Crippen LogP contribution in [0.15, 0.2) is 74.9 Å². The van der Waals surface area contributed by atoms with Crippen LogP contribution in [0, 0.1) is 11.3 Å². The van der Waals surface area contributed by atoms with Crippen molar-refractivity contribution in [3.8, 4) is 17.6 Å². The zero-order valence-corrected chi connectivity index (χ0v) is 20.6. The third kappa shape index (κ3) is 5.64. The minimum Gasteiger partial charge on any atom is -0.493 e. The lowest BCUT2D eigenvalue weighted by Crippen LogP contribution is -2.03. The predicted molar refractivity (Wildman–Crippen MR) is 129 cm³/mol. The van der Waals surface area contributed by atoms with E-state index < -0.39 is 14.7 Å². The number of hydrogen-bond acceptors (Lipinski definition) is 5. The molecule has 9 heteroatoms. The van der Waals surface area contributed by atoms with Crippen molar-refractivity contribution in [2.24, 2.45) is 0 Å². The number of hydrogen-bond donors (Lipinski definition) is 0. The maximum absolute atomic E-state index is 12.9. The van der Waals surface area contributed by atoms with E-state index in [9.17, 15) is 13.7 Å². The van der Waals surface area contributed by atoms with Gasteiger partial charge in [-0.15, -0.1) is 0 Å². The topological polar surface area (TPSA) is 76.4 Å². The van der Waals surface area contributed by atoms with Crippen molar-refractivity contribution in [3.05, 3.63) is 91.2 Å². The molecule has 0 amide bonds. The highest BCUT2D eigenvalue weighted by Crippen LogP contribution is 2.38. The molecule has 5 nitrogen and oxygen atoms in total. The molecule has 0 aliphatic rings. The number of halogens is 3. The maximum Gasteiger partial charge on any atom is 0.216 e. The summed E-state index contributed by atoms with van der Waals surface area (Å²) in [6.07, 6.45) is 1.28. The molecular weight excluding hydrogens is 537 g/mol. The number of nitrogens with zero attached hydrogens (tertiary/aromatic N) is 1. The van der Waals surface area contributed by atoms with E-state index in [2.05, 4.69) is 15.9 Å². The fourth-order valence-corrected chi connectivity index (χ4v) is 4.75. The molecule has 0 saturated heterocycles. The highest BCUT2D eigenvalue weighted by atomic mass is 79.9. The number of allylic oxidation sites excluding steroid dienone is 1. The fourth-order valence-electron chi connectivity index (χ4n) is 2.76. The highest BCUT2D eigenvalue weighted by molar-refractivity contribution is 9.10. The zero-order chi connectivity index (χ0) is 23.3. The standard InChI is InChI=1S/C23H16BrCl2NO4S/c1-30-22-12-16(10-20(13-27)32(28,29)19-8-6-18(26)7-9-19)11-21(24)23(22)31-14-15-2-4-17(25)5-3-15/h2-12H,14H2,1H3. The average molecular weight is 553 g/mol. The Bertz CT molecular complexity index is 1300. The maximum atomic E-state index is 12.9. The van der Waals surface area contributed by atoms with Gasteiger partial charge in [0.25, 0.3) is 0 Å². The van der Waals surface area contributed by atoms with Gasteiger partial charge in [-0.3, -0.25) is 0 Å². The van der Waals surface area contributed by atoms with Gasteiger partial charge in [0.15, 0.2) is 11.5 Å². The highest BCUT2D eigenvalue weighted by Gasteiger charge is 2.21. The van der Waals surface area contributed by atoms with Crippen molar-refractivity contribution in [1.82, 2.24) is 0 Å². The quantitative estimate of drug-likeness (QED) is 0.305. The molecule has 3 aromatic rings. The van der Waals surface area contributed by atoms with Gasteiger partial charge in [0.1, 0.15) is 17.6 Å². The molecule has 0 bridgehead atoms. The van der Waals surface area contributed by atoms with Crippen LogP contribution in [0.1, 0.15) is 11.1 Å². The molecule has 164 valence electrons. The van der Waals surface area contributed by atoms with E-state index in [4.69, 9.17) is 32.7 Å². The number of benzene rings is 3.